The van der Waals surface area contributed by atoms with Gasteiger partial charge in [-0.1, -0.05) is 0 Å². The highest BCUT2D eigenvalue weighted by Gasteiger charge is 2.27. The van der Waals surface area contributed by atoms with Crippen molar-refractivity contribution in [3.63, 3.8) is 0 Å². The van der Waals surface area contributed by atoms with Crippen LogP contribution in [0.3, 0.4) is 0 Å². The van der Waals surface area contributed by atoms with E-state index in [1.54, 1.807) is 6.92 Å². The molecule has 3 atom stereocenters. The molecule has 0 saturated heterocycles. The molecule has 352 valence electrons. The first-order valence-corrected chi connectivity index (χ1v) is 19.9. The molecule has 0 fully saturated rings. The third-order valence-electron chi connectivity index (χ3n) is 8.26. The number of aromatic amines is 1. The van der Waals surface area contributed by atoms with Crippen LogP contribution in [0.1, 0.15) is 61.5 Å². The Kier molecular flexibility index (Phi) is 22.3. The number of nitrogens with one attached hydrogen (secondary N) is 8. The molecule has 1 aromatic carbocycles. The van der Waals surface area contributed by atoms with Crippen LogP contribution in [0, 0.1) is 0 Å². The highest BCUT2D eigenvalue weighted by atomic mass is 32.1. The Bertz CT molecular complexity index is 2280. The van der Waals surface area contributed by atoms with E-state index in [-0.39, 0.29) is 73.1 Å². The molecule has 2 aromatic heterocycles. The minimum Gasteiger partial charge on any atom is -0.481 e. The van der Waals surface area contributed by atoms with E-state index in [1.807, 2.05) is 0 Å². The molecular formula is C37H48N12O15S. The molecular weight excluding hydrogens is 885 g/mol. The van der Waals surface area contributed by atoms with Crippen molar-refractivity contribution in [2.45, 2.75) is 70.1 Å². The van der Waals surface area contributed by atoms with Gasteiger partial charge in [-0.25, -0.2) is 19.6 Å². The van der Waals surface area contributed by atoms with Gasteiger partial charge < -0.3 is 63.4 Å². The lowest BCUT2D eigenvalue weighted by Gasteiger charge is -2.21. The Morgan fingerprint density at radius 2 is 1.35 bits per heavy atom. The summed E-state index contributed by atoms with van der Waals surface area (Å²) in [6.07, 6.45) is -0.467. The molecule has 3 unspecified atom stereocenters. The number of fused-ring (bicyclic) bond motifs is 1. The van der Waals surface area contributed by atoms with E-state index in [0.29, 0.717) is 17.9 Å². The lowest BCUT2D eigenvalue weighted by atomic mass is 10.1. The van der Waals surface area contributed by atoms with Gasteiger partial charge >= 0.3 is 23.9 Å². The standard InChI is InChI=1S/C31H37N11O12S.C6H11NO3/c32-31-41-25-24(28(50)42-31)37-16(11-36-25)10-34-15-3-1-14(2-4-15)26(48)39-18(29(51)52)9-21(44)35-12-22(45)38-17(27(49)40-19(13-55)30(53)54)7-8-33-20(43)5-6-23(46)47;1-2-7-5(8)3-4-6(9)10/h1-4,11,17-19,34,55H,5-10,12-13H2,(H,33,43)(H,35,44)(H,38,45)(H,39,48)(H,40,49)(H,46,47)(H,51,52)(H,53,54)(H3,32,36,41,42,50);2-4H2,1H3,(H,7,8)(H,9,10). The molecule has 0 radical (unpaired) electrons. The fourth-order valence-corrected chi connectivity index (χ4v) is 5.26. The fourth-order valence-electron chi connectivity index (χ4n) is 5.01. The average Bonchev–Trinajstić information content (AvgIpc) is 3.25. The lowest BCUT2D eigenvalue weighted by Crippen LogP contribution is -2.54. The maximum Gasteiger partial charge on any atom is 0.327 e. The zero-order valence-electron chi connectivity index (χ0n) is 34.5. The number of hydrogen-bond donors (Lipinski definition) is 14. The van der Waals surface area contributed by atoms with Crippen molar-refractivity contribution in [1.29, 1.82) is 0 Å². The number of anilines is 2. The quantitative estimate of drug-likeness (QED) is 0.0375. The number of nitrogen functional groups attached to an aromatic ring is 1. The molecule has 65 heavy (non-hydrogen) atoms. The molecule has 14 N–H and O–H groups in total. The number of rotatable bonds is 25. The number of aromatic nitrogens is 4. The molecule has 3 rings (SSSR count). The van der Waals surface area contributed by atoms with Crippen LogP contribution >= 0.6 is 12.6 Å². The first kappa shape index (κ1) is 53.2. The summed E-state index contributed by atoms with van der Waals surface area (Å²) in [5, 5.41) is 52.5. The fraction of sp³-hybridized carbons (Fsp3) is 0.405. The van der Waals surface area contributed by atoms with Crippen LogP contribution < -0.4 is 48.5 Å². The number of amides is 6. The maximum absolute atomic E-state index is 12.8. The van der Waals surface area contributed by atoms with Gasteiger partial charge in [-0.2, -0.15) is 17.6 Å². The molecule has 0 bridgehead atoms. The number of carbonyl (C=O) groups excluding carboxylic acids is 6. The summed E-state index contributed by atoms with van der Waals surface area (Å²) in [7, 11) is 0. The zero-order chi connectivity index (χ0) is 48.6. The largest absolute Gasteiger partial charge is 0.481 e. The van der Waals surface area contributed by atoms with Crippen molar-refractivity contribution < 1.29 is 68.4 Å². The van der Waals surface area contributed by atoms with Crippen LogP contribution in [0.15, 0.2) is 35.3 Å². The molecule has 0 aliphatic carbocycles. The van der Waals surface area contributed by atoms with Gasteiger partial charge in [-0.05, 0) is 37.6 Å². The van der Waals surface area contributed by atoms with Crippen molar-refractivity contribution in [2.75, 3.05) is 36.4 Å². The number of aliphatic carboxylic acids is 4. The summed E-state index contributed by atoms with van der Waals surface area (Å²) >= 11 is 3.86. The molecule has 27 nitrogen and oxygen atoms in total. The normalized spacial score (nSPS) is 11.8. The Hall–Kier alpha value is -7.91. The van der Waals surface area contributed by atoms with Crippen LogP contribution in [0.4, 0.5) is 11.6 Å². The molecule has 3 aromatic rings. The molecule has 6 amide bonds. The van der Waals surface area contributed by atoms with Crippen molar-refractivity contribution in [2.24, 2.45) is 0 Å². The Balaban J connectivity index is 0.00000129. The van der Waals surface area contributed by atoms with Gasteiger partial charge in [-0.15, -0.1) is 0 Å². The van der Waals surface area contributed by atoms with Crippen molar-refractivity contribution in [3.05, 3.63) is 52.1 Å². The lowest BCUT2D eigenvalue weighted by molar-refractivity contribution is -0.141. The molecule has 0 saturated carbocycles. The molecule has 0 spiro atoms. The highest BCUT2D eigenvalue weighted by molar-refractivity contribution is 7.80. The van der Waals surface area contributed by atoms with Gasteiger partial charge in [0.15, 0.2) is 11.2 Å². The topological polar surface area (TPSA) is 433 Å². The number of benzene rings is 1. The third kappa shape index (κ3) is 20.2. The van der Waals surface area contributed by atoms with Gasteiger partial charge in [0, 0.05) is 42.9 Å². The van der Waals surface area contributed by atoms with E-state index in [2.05, 4.69) is 69.8 Å². The van der Waals surface area contributed by atoms with E-state index in [0.717, 1.165) is 0 Å². The number of H-pyrrole nitrogens is 1. The highest BCUT2D eigenvalue weighted by Crippen LogP contribution is 2.12. The Morgan fingerprint density at radius 1 is 0.738 bits per heavy atom. The SMILES string of the molecule is CCNC(=O)CCC(=O)O.Nc1nc2ncc(CNc3ccc(C(=O)NC(CC(=O)NCC(=O)NC(CCNC(=O)CCC(=O)O)C(=O)NC(CS)C(=O)O)C(=O)O)cc3)nc2c(=O)[nH]1. The molecule has 0 aliphatic heterocycles. The zero-order valence-corrected chi connectivity index (χ0v) is 35.4. The van der Waals surface area contributed by atoms with E-state index < -0.39 is 96.5 Å². The predicted octanol–water partition coefficient (Wildman–Crippen LogP) is -3.06. The van der Waals surface area contributed by atoms with Crippen LogP contribution in [-0.4, -0.2) is 143 Å². The first-order chi connectivity index (χ1) is 30.7. The third-order valence-corrected chi connectivity index (χ3v) is 8.62. The van der Waals surface area contributed by atoms with Crippen molar-refractivity contribution in [3.8, 4) is 0 Å². The van der Waals surface area contributed by atoms with Crippen LogP contribution in [-0.2, 0) is 49.7 Å². The minimum atomic E-state index is -1.72. The molecule has 2 heterocycles. The summed E-state index contributed by atoms with van der Waals surface area (Å²) in [4.78, 5) is 144. The van der Waals surface area contributed by atoms with E-state index in [1.165, 1.54) is 30.5 Å². The van der Waals surface area contributed by atoms with Crippen LogP contribution in [0.2, 0.25) is 0 Å². The smallest absolute Gasteiger partial charge is 0.327 e. The van der Waals surface area contributed by atoms with E-state index in [9.17, 15) is 63.0 Å². The van der Waals surface area contributed by atoms with Crippen molar-refractivity contribution in [1.82, 2.24) is 51.8 Å². The van der Waals surface area contributed by atoms with Crippen molar-refractivity contribution >= 4 is 94.7 Å². The van der Waals surface area contributed by atoms with Crippen LogP contribution in [0.5, 0.6) is 0 Å². The van der Waals surface area contributed by atoms with Gasteiger partial charge in [0.1, 0.15) is 18.1 Å². The van der Waals surface area contributed by atoms with Gasteiger partial charge in [0.25, 0.3) is 11.5 Å². The molecule has 28 heteroatoms. The summed E-state index contributed by atoms with van der Waals surface area (Å²) < 4.78 is 0. The predicted molar refractivity (Wildman–Crippen MR) is 228 cm³/mol. The second-order valence-corrected chi connectivity index (χ2v) is 13.7. The second-order valence-electron chi connectivity index (χ2n) is 13.3. The Morgan fingerprint density at radius 3 is 1.92 bits per heavy atom. The number of carboxylic acid groups (broad SMARTS) is 4. The summed E-state index contributed by atoms with van der Waals surface area (Å²) in [5.41, 5.74) is 5.98. The number of thiol groups is 1. The minimum absolute atomic E-state index is 0.00646. The molecule has 0 aliphatic rings. The summed E-state index contributed by atoms with van der Waals surface area (Å²) in [6, 6.07) is 1.23. The number of carbonyl (C=O) groups is 10. The van der Waals surface area contributed by atoms with Gasteiger partial charge in [0.2, 0.25) is 35.5 Å². The number of hydrogen-bond acceptors (Lipinski definition) is 17. The second kappa shape index (κ2) is 27.2. The number of carboxylic acids is 4. The summed E-state index contributed by atoms with van der Waals surface area (Å²) in [6.45, 7) is 1.50. The van der Waals surface area contributed by atoms with E-state index >= 15 is 0 Å². The number of nitrogens with zero attached hydrogens (tertiary/aromatic N) is 3. The average molecular weight is 933 g/mol. The van der Waals surface area contributed by atoms with Gasteiger partial charge in [0.05, 0.1) is 44.2 Å². The first-order valence-electron chi connectivity index (χ1n) is 19.3. The van der Waals surface area contributed by atoms with Gasteiger partial charge in [-0.3, -0.25) is 48.1 Å². The Labute approximate surface area is 372 Å². The summed E-state index contributed by atoms with van der Waals surface area (Å²) in [5.74, 6) is -10.1. The van der Waals surface area contributed by atoms with Crippen LogP contribution in [0.25, 0.3) is 11.2 Å². The van der Waals surface area contributed by atoms with E-state index in [4.69, 9.17) is 15.9 Å². The number of nitrogens with two attached hydrogens (primary N) is 1. The maximum atomic E-state index is 12.8. The monoisotopic (exact) mass is 932 g/mol.